The Labute approximate surface area is 169 Å². The maximum absolute atomic E-state index is 11.6. The van der Waals surface area contributed by atoms with Crippen molar-refractivity contribution in [3.63, 3.8) is 0 Å². The van der Waals surface area contributed by atoms with Crippen LogP contribution in [0.15, 0.2) is 55.0 Å². The quantitative estimate of drug-likeness (QED) is 0.546. The summed E-state index contributed by atoms with van der Waals surface area (Å²) in [4.78, 5) is 16.0. The Hall–Kier alpha value is -3.39. The fourth-order valence-electron chi connectivity index (χ4n) is 2.84. The van der Waals surface area contributed by atoms with Gasteiger partial charge in [0.15, 0.2) is 23.9 Å². The fourth-order valence-corrected chi connectivity index (χ4v) is 2.84. The first-order chi connectivity index (χ1) is 14.2. The van der Waals surface area contributed by atoms with E-state index in [0.717, 1.165) is 16.9 Å². The topological polar surface area (TPSA) is 90.3 Å². The first kappa shape index (κ1) is 20.3. The number of hydrogen-bond donors (Lipinski definition) is 2. The molecule has 0 bridgehead atoms. The minimum absolute atomic E-state index is 0.0426. The zero-order chi connectivity index (χ0) is 20.5. The van der Waals surface area contributed by atoms with Crippen LogP contribution in [0, 0.1) is 0 Å². The minimum atomic E-state index is -0.162. The molecule has 0 aliphatic heterocycles. The maximum Gasteiger partial charge on any atom is 0.257 e. The molecule has 1 aromatic carbocycles. The molecule has 0 spiro atoms. The van der Waals surface area contributed by atoms with E-state index >= 15 is 0 Å². The van der Waals surface area contributed by atoms with Gasteiger partial charge >= 0.3 is 0 Å². The largest absolute Gasteiger partial charge is 0.493 e. The molecule has 0 aliphatic rings. The van der Waals surface area contributed by atoms with Crippen molar-refractivity contribution < 1.29 is 14.3 Å². The van der Waals surface area contributed by atoms with E-state index in [2.05, 4.69) is 20.7 Å². The molecule has 3 aromatic rings. The lowest BCUT2D eigenvalue weighted by Crippen LogP contribution is -2.28. The number of likely N-dealkylation sites (N-methyl/N-ethyl adjacent to an activating group) is 1. The van der Waals surface area contributed by atoms with Crippen LogP contribution in [0.5, 0.6) is 11.5 Å². The third kappa shape index (κ3) is 5.55. The van der Waals surface area contributed by atoms with Crippen molar-refractivity contribution in [2.45, 2.75) is 20.0 Å². The summed E-state index contributed by atoms with van der Waals surface area (Å²) in [5, 5.41) is 10.4. The Morgan fingerprint density at radius 2 is 2.03 bits per heavy atom. The number of pyridine rings is 1. The number of aromatic nitrogens is 3. The average molecular weight is 395 g/mol. The van der Waals surface area contributed by atoms with Crippen LogP contribution >= 0.6 is 0 Å². The Kier molecular flexibility index (Phi) is 7.18. The standard InChI is InChI=1S/C21H25N5O3/c1-3-23-20(27)15-29-18-8-7-16(12-19(18)28-2)13-22-14-17-6-4-9-24-21(17)26-11-5-10-25-26/h4-12,22H,3,13-15H2,1-2H3,(H,23,27). The lowest BCUT2D eigenvalue weighted by molar-refractivity contribution is -0.123. The third-order valence-corrected chi connectivity index (χ3v) is 4.19. The normalized spacial score (nSPS) is 10.6. The van der Waals surface area contributed by atoms with Crippen molar-refractivity contribution in [1.29, 1.82) is 0 Å². The van der Waals surface area contributed by atoms with Gasteiger partial charge in [-0.05, 0) is 36.8 Å². The summed E-state index contributed by atoms with van der Waals surface area (Å²) >= 11 is 0. The zero-order valence-corrected chi connectivity index (χ0v) is 16.6. The van der Waals surface area contributed by atoms with E-state index in [1.54, 1.807) is 24.2 Å². The Bertz CT molecular complexity index is 928. The molecule has 0 fully saturated rings. The smallest absolute Gasteiger partial charge is 0.257 e. The van der Waals surface area contributed by atoms with E-state index in [-0.39, 0.29) is 12.5 Å². The van der Waals surface area contributed by atoms with Crippen LogP contribution in [-0.4, -0.2) is 40.9 Å². The van der Waals surface area contributed by atoms with Gasteiger partial charge in [-0.15, -0.1) is 0 Å². The molecule has 0 saturated carbocycles. The van der Waals surface area contributed by atoms with Gasteiger partial charge in [0, 0.05) is 43.8 Å². The molecule has 2 heterocycles. The molecule has 0 saturated heterocycles. The summed E-state index contributed by atoms with van der Waals surface area (Å²) in [7, 11) is 1.58. The molecule has 2 N–H and O–H groups in total. The van der Waals surface area contributed by atoms with Crippen molar-refractivity contribution in [3.05, 3.63) is 66.1 Å². The van der Waals surface area contributed by atoms with Gasteiger partial charge in [-0.25, -0.2) is 9.67 Å². The Morgan fingerprint density at radius 3 is 2.79 bits per heavy atom. The van der Waals surface area contributed by atoms with Gasteiger partial charge in [0.05, 0.1) is 7.11 Å². The second-order valence-electron chi connectivity index (χ2n) is 6.27. The van der Waals surface area contributed by atoms with Crippen molar-refractivity contribution in [1.82, 2.24) is 25.4 Å². The zero-order valence-electron chi connectivity index (χ0n) is 16.6. The molecule has 152 valence electrons. The maximum atomic E-state index is 11.6. The highest BCUT2D eigenvalue weighted by Crippen LogP contribution is 2.28. The second-order valence-corrected chi connectivity index (χ2v) is 6.27. The number of rotatable bonds is 10. The number of nitrogens with zero attached hydrogens (tertiary/aromatic N) is 3. The summed E-state index contributed by atoms with van der Waals surface area (Å²) in [5.41, 5.74) is 2.08. The van der Waals surface area contributed by atoms with Crippen LogP contribution in [0.3, 0.4) is 0 Å². The molecule has 8 nitrogen and oxygen atoms in total. The first-order valence-corrected chi connectivity index (χ1v) is 9.42. The van der Waals surface area contributed by atoms with Crippen LogP contribution in [0.1, 0.15) is 18.1 Å². The number of hydrogen-bond acceptors (Lipinski definition) is 6. The highest BCUT2D eigenvalue weighted by atomic mass is 16.5. The molecule has 3 rings (SSSR count). The SMILES string of the molecule is CCNC(=O)COc1ccc(CNCc2cccnc2-n2cccn2)cc1OC. The highest BCUT2D eigenvalue weighted by Gasteiger charge is 2.09. The van der Waals surface area contributed by atoms with Crippen LogP contribution in [0.4, 0.5) is 0 Å². The van der Waals surface area contributed by atoms with Crippen LogP contribution < -0.4 is 20.1 Å². The number of methoxy groups -OCH3 is 1. The van der Waals surface area contributed by atoms with E-state index in [4.69, 9.17) is 9.47 Å². The van der Waals surface area contributed by atoms with E-state index in [1.807, 2.05) is 49.5 Å². The number of ether oxygens (including phenoxy) is 2. The molecule has 0 aliphatic carbocycles. The van der Waals surface area contributed by atoms with Gasteiger partial charge in [-0.3, -0.25) is 4.79 Å². The number of benzene rings is 1. The monoisotopic (exact) mass is 395 g/mol. The van der Waals surface area contributed by atoms with E-state index in [9.17, 15) is 4.79 Å². The van der Waals surface area contributed by atoms with Gasteiger partial charge in [0.2, 0.25) is 0 Å². The summed E-state index contributed by atoms with van der Waals surface area (Å²) < 4.78 is 12.7. The van der Waals surface area contributed by atoms with Crippen LogP contribution in [0.25, 0.3) is 5.82 Å². The van der Waals surface area contributed by atoms with Gasteiger partial charge in [0.25, 0.3) is 5.91 Å². The lowest BCUT2D eigenvalue weighted by Gasteiger charge is -2.13. The molecule has 0 atom stereocenters. The molecule has 2 aromatic heterocycles. The Morgan fingerprint density at radius 1 is 1.14 bits per heavy atom. The first-order valence-electron chi connectivity index (χ1n) is 9.42. The molecule has 1 amide bonds. The van der Waals surface area contributed by atoms with Crippen molar-refractivity contribution in [3.8, 4) is 17.3 Å². The number of carbonyl (C=O) groups is 1. The molecule has 0 radical (unpaired) electrons. The molecular weight excluding hydrogens is 370 g/mol. The lowest BCUT2D eigenvalue weighted by atomic mass is 10.2. The van der Waals surface area contributed by atoms with Crippen LogP contribution in [0.2, 0.25) is 0 Å². The van der Waals surface area contributed by atoms with E-state index in [1.165, 1.54) is 0 Å². The average Bonchev–Trinajstić information content (AvgIpc) is 3.28. The molecule has 8 heteroatoms. The summed E-state index contributed by atoms with van der Waals surface area (Å²) in [6.45, 7) is 3.67. The number of carbonyl (C=O) groups excluding carboxylic acids is 1. The summed E-state index contributed by atoms with van der Waals surface area (Å²) in [6.07, 6.45) is 5.36. The second kappa shape index (κ2) is 10.2. The van der Waals surface area contributed by atoms with Crippen molar-refractivity contribution in [2.24, 2.45) is 0 Å². The van der Waals surface area contributed by atoms with Gasteiger partial charge < -0.3 is 20.1 Å². The molecular formula is C21H25N5O3. The summed E-state index contributed by atoms with van der Waals surface area (Å²) in [5.74, 6) is 1.77. The molecule has 29 heavy (non-hydrogen) atoms. The molecule has 0 unspecified atom stereocenters. The van der Waals surface area contributed by atoms with Crippen LogP contribution in [-0.2, 0) is 17.9 Å². The Balaban J connectivity index is 1.60. The minimum Gasteiger partial charge on any atom is -0.493 e. The van der Waals surface area contributed by atoms with Gasteiger partial charge in [-0.2, -0.15) is 5.10 Å². The number of amides is 1. The van der Waals surface area contributed by atoms with E-state index < -0.39 is 0 Å². The predicted molar refractivity (Wildman–Crippen MR) is 109 cm³/mol. The third-order valence-electron chi connectivity index (χ3n) is 4.19. The summed E-state index contributed by atoms with van der Waals surface area (Å²) in [6, 6.07) is 11.5. The van der Waals surface area contributed by atoms with Crippen molar-refractivity contribution in [2.75, 3.05) is 20.3 Å². The van der Waals surface area contributed by atoms with Gasteiger partial charge in [0.1, 0.15) is 0 Å². The highest BCUT2D eigenvalue weighted by molar-refractivity contribution is 5.77. The number of nitrogens with one attached hydrogen (secondary N) is 2. The van der Waals surface area contributed by atoms with Crippen molar-refractivity contribution >= 4 is 5.91 Å². The predicted octanol–water partition coefficient (Wildman–Crippen LogP) is 2.08. The fraction of sp³-hybridized carbons (Fsp3) is 0.286. The van der Waals surface area contributed by atoms with E-state index in [0.29, 0.717) is 31.1 Å². The van der Waals surface area contributed by atoms with Gasteiger partial charge in [-0.1, -0.05) is 12.1 Å².